The quantitative estimate of drug-likeness (QED) is 0.437. The minimum atomic E-state index is -3.73. The number of rotatable bonds is 5. The lowest BCUT2D eigenvalue weighted by atomic mass is 10.0. The number of benzene rings is 3. The second kappa shape index (κ2) is 8.60. The zero-order valence-corrected chi connectivity index (χ0v) is 17.5. The average Bonchev–Trinajstić information content (AvgIpc) is 2.81. The van der Waals surface area contributed by atoms with Crippen molar-refractivity contribution in [3.63, 3.8) is 0 Å². The first kappa shape index (κ1) is 21.2. The minimum Gasteiger partial charge on any atom is -0.397 e. The molecule has 1 heterocycles. The molecule has 0 unspecified atom stereocenters. The van der Waals surface area contributed by atoms with Gasteiger partial charge < -0.3 is 11.1 Å². The summed E-state index contributed by atoms with van der Waals surface area (Å²) in [5.41, 5.74) is 8.55. The molecule has 8 heteroatoms. The Hall–Kier alpha value is -4.04. The zero-order chi connectivity index (χ0) is 22.7. The molecule has 3 aromatic carbocycles. The molecule has 3 N–H and O–H groups in total. The summed E-state index contributed by atoms with van der Waals surface area (Å²) in [5.74, 6) is -0.787. The number of hydrogen-bond donors (Lipinski definition) is 2. The third kappa shape index (κ3) is 4.35. The third-order valence-corrected chi connectivity index (χ3v) is 6.61. The van der Waals surface area contributed by atoms with Crippen molar-refractivity contribution in [2.24, 2.45) is 0 Å². The number of halogens is 1. The molecule has 0 aliphatic carbocycles. The van der Waals surface area contributed by atoms with Gasteiger partial charge in [-0.2, -0.15) is 0 Å². The van der Waals surface area contributed by atoms with E-state index in [1.54, 1.807) is 36.4 Å². The summed E-state index contributed by atoms with van der Waals surface area (Å²) in [4.78, 5) is 16.7. The third-order valence-electron chi connectivity index (χ3n) is 4.85. The van der Waals surface area contributed by atoms with Crippen LogP contribution in [0.5, 0.6) is 0 Å². The molecule has 0 saturated carbocycles. The van der Waals surface area contributed by atoms with Crippen LogP contribution < -0.4 is 11.1 Å². The summed E-state index contributed by atoms with van der Waals surface area (Å²) in [6.07, 6.45) is 2.76. The second-order valence-corrected chi connectivity index (χ2v) is 8.93. The van der Waals surface area contributed by atoms with Gasteiger partial charge in [0.05, 0.1) is 21.2 Å². The number of amides is 1. The van der Waals surface area contributed by atoms with E-state index >= 15 is 0 Å². The van der Waals surface area contributed by atoms with Gasteiger partial charge in [-0.15, -0.1) is 0 Å². The van der Waals surface area contributed by atoms with Gasteiger partial charge in [-0.05, 0) is 71.8 Å². The molecule has 0 spiro atoms. The van der Waals surface area contributed by atoms with Gasteiger partial charge in [-0.25, -0.2) is 12.8 Å². The Morgan fingerprint density at radius 3 is 2.22 bits per heavy atom. The van der Waals surface area contributed by atoms with Crippen molar-refractivity contribution >= 4 is 27.1 Å². The number of hydrogen-bond acceptors (Lipinski definition) is 5. The minimum absolute atomic E-state index is 0.0554. The Kier molecular flexibility index (Phi) is 5.70. The molecule has 0 saturated heterocycles. The van der Waals surface area contributed by atoms with Crippen molar-refractivity contribution in [2.75, 3.05) is 11.1 Å². The molecule has 0 bridgehead atoms. The molecular formula is C24H18FN3O3S. The number of nitrogen functional groups attached to an aromatic ring is 1. The Morgan fingerprint density at radius 1 is 0.875 bits per heavy atom. The van der Waals surface area contributed by atoms with E-state index in [2.05, 4.69) is 10.3 Å². The molecule has 160 valence electrons. The highest BCUT2D eigenvalue weighted by Crippen LogP contribution is 2.28. The second-order valence-electron chi connectivity index (χ2n) is 6.98. The molecule has 0 aliphatic heterocycles. The van der Waals surface area contributed by atoms with Gasteiger partial charge in [-0.1, -0.05) is 18.2 Å². The molecule has 6 nitrogen and oxygen atoms in total. The van der Waals surface area contributed by atoms with E-state index < -0.39 is 15.7 Å². The first-order valence-corrected chi connectivity index (χ1v) is 11.0. The van der Waals surface area contributed by atoms with E-state index in [-0.39, 0.29) is 21.2 Å². The summed E-state index contributed by atoms with van der Waals surface area (Å²) >= 11 is 0. The van der Waals surface area contributed by atoms with Crippen LogP contribution in [0.1, 0.15) is 10.4 Å². The van der Waals surface area contributed by atoms with Gasteiger partial charge in [-0.3, -0.25) is 9.78 Å². The van der Waals surface area contributed by atoms with Gasteiger partial charge in [0, 0.05) is 18.0 Å². The highest BCUT2D eigenvalue weighted by molar-refractivity contribution is 7.91. The van der Waals surface area contributed by atoms with Crippen molar-refractivity contribution < 1.29 is 17.6 Å². The molecule has 4 rings (SSSR count). The van der Waals surface area contributed by atoms with E-state index in [0.29, 0.717) is 11.4 Å². The number of anilines is 2. The van der Waals surface area contributed by atoms with Crippen LogP contribution in [0.25, 0.3) is 11.1 Å². The lowest BCUT2D eigenvalue weighted by Crippen LogP contribution is -2.13. The molecule has 0 fully saturated rings. The predicted molar refractivity (Wildman–Crippen MR) is 120 cm³/mol. The van der Waals surface area contributed by atoms with Gasteiger partial charge in [0.2, 0.25) is 9.84 Å². The van der Waals surface area contributed by atoms with Gasteiger partial charge in [0.25, 0.3) is 5.91 Å². The van der Waals surface area contributed by atoms with Crippen LogP contribution in [-0.4, -0.2) is 19.3 Å². The van der Waals surface area contributed by atoms with Gasteiger partial charge in [0.15, 0.2) is 0 Å². The van der Waals surface area contributed by atoms with Gasteiger partial charge >= 0.3 is 0 Å². The van der Waals surface area contributed by atoms with E-state index in [9.17, 15) is 17.6 Å². The normalized spacial score (nSPS) is 11.2. The maximum absolute atomic E-state index is 13.2. The molecule has 0 aliphatic rings. The van der Waals surface area contributed by atoms with Crippen molar-refractivity contribution in [3.05, 3.63) is 103 Å². The van der Waals surface area contributed by atoms with Crippen LogP contribution in [-0.2, 0) is 9.84 Å². The average molecular weight is 447 g/mol. The molecular weight excluding hydrogens is 429 g/mol. The molecule has 32 heavy (non-hydrogen) atoms. The van der Waals surface area contributed by atoms with E-state index in [4.69, 9.17) is 5.73 Å². The highest BCUT2D eigenvalue weighted by atomic mass is 32.2. The standard InChI is InChI=1S/C24H18FN3O3S/c25-19-8-3-16(4-9-19)18-7-12-22(26)23(14-18)28-24(29)17-5-10-20(11-6-17)32(30,31)21-2-1-13-27-15-21/h1-15H,26H2,(H,28,29). The van der Waals surface area contributed by atoms with Crippen LogP contribution in [0.4, 0.5) is 15.8 Å². The lowest BCUT2D eigenvalue weighted by Gasteiger charge is -2.11. The Balaban J connectivity index is 1.56. The van der Waals surface area contributed by atoms with Crippen molar-refractivity contribution in [3.8, 4) is 11.1 Å². The molecule has 1 aromatic heterocycles. The fourth-order valence-electron chi connectivity index (χ4n) is 3.11. The fourth-order valence-corrected chi connectivity index (χ4v) is 4.33. The number of nitrogens with two attached hydrogens (primary N) is 1. The Bertz CT molecular complexity index is 1370. The van der Waals surface area contributed by atoms with Crippen molar-refractivity contribution in [2.45, 2.75) is 9.79 Å². The van der Waals surface area contributed by atoms with Crippen LogP contribution in [0, 0.1) is 5.82 Å². The summed E-state index contributed by atoms with van der Waals surface area (Å²) in [6, 6.07) is 19.7. The number of carbonyl (C=O) groups excluding carboxylic acids is 1. The molecule has 0 atom stereocenters. The van der Waals surface area contributed by atoms with E-state index in [0.717, 1.165) is 11.1 Å². The summed E-state index contributed by atoms with van der Waals surface area (Å²) in [7, 11) is -3.73. The smallest absolute Gasteiger partial charge is 0.255 e. The largest absolute Gasteiger partial charge is 0.397 e. The summed E-state index contributed by atoms with van der Waals surface area (Å²) in [5, 5.41) is 2.74. The number of aromatic nitrogens is 1. The molecule has 4 aromatic rings. The SMILES string of the molecule is Nc1ccc(-c2ccc(F)cc2)cc1NC(=O)c1ccc(S(=O)(=O)c2cccnc2)cc1. The predicted octanol–water partition coefficient (Wildman–Crippen LogP) is 4.56. The Labute approximate surface area is 184 Å². The summed E-state index contributed by atoms with van der Waals surface area (Å²) in [6.45, 7) is 0. The number of nitrogens with one attached hydrogen (secondary N) is 1. The Morgan fingerprint density at radius 2 is 1.56 bits per heavy atom. The maximum atomic E-state index is 13.2. The fraction of sp³-hybridized carbons (Fsp3) is 0. The number of pyridine rings is 1. The highest BCUT2D eigenvalue weighted by Gasteiger charge is 2.18. The van der Waals surface area contributed by atoms with Crippen LogP contribution in [0.3, 0.4) is 0 Å². The number of nitrogens with zero attached hydrogens (tertiary/aromatic N) is 1. The molecule has 1 amide bonds. The summed E-state index contributed by atoms with van der Waals surface area (Å²) < 4.78 is 38.5. The number of carbonyl (C=O) groups is 1. The van der Waals surface area contributed by atoms with E-state index in [1.807, 2.05) is 0 Å². The first-order valence-electron chi connectivity index (χ1n) is 9.56. The van der Waals surface area contributed by atoms with Crippen LogP contribution >= 0.6 is 0 Å². The maximum Gasteiger partial charge on any atom is 0.255 e. The van der Waals surface area contributed by atoms with Gasteiger partial charge in [0.1, 0.15) is 5.82 Å². The monoisotopic (exact) mass is 447 g/mol. The zero-order valence-electron chi connectivity index (χ0n) is 16.7. The number of sulfone groups is 1. The first-order chi connectivity index (χ1) is 15.3. The topological polar surface area (TPSA) is 102 Å². The van der Waals surface area contributed by atoms with Crippen LogP contribution in [0.2, 0.25) is 0 Å². The molecule has 0 radical (unpaired) electrons. The lowest BCUT2D eigenvalue weighted by molar-refractivity contribution is 0.102. The van der Waals surface area contributed by atoms with Crippen LogP contribution in [0.15, 0.2) is 101 Å². The van der Waals surface area contributed by atoms with Crippen molar-refractivity contribution in [1.29, 1.82) is 0 Å². The van der Waals surface area contributed by atoms with E-state index in [1.165, 1.54) is 54.9 Å². The van der Waals surface area contributed by atoms with Crippen molar-refractivity contribution in [1.82, 2.24) is 4.98 Å².